The van der Waals surface area contributed by atoms with Crippen LogP contribution in [0.3, 0.4) is 0 Å². The van der Waals surface area contributed by atoms with E-state index >= 15 is 0 Å². The number of carbonyl (C=O) groups excluding carboxylic acids is 1. The van der Waals surface area contributed by atoms with E-state index in [1.807, 2.05) is 6.92 Å². The summed E-state index contributed by atoms with van der Waals surface area (Å²) in [5.74, 6) is -0.849. The summed E-state index contributed by atoms with van der Waals surface area (Å²) in [5.41, 5.74) is 0.774. The average molecular weight is 299 g/mol. The van der Waals surface area contributed by atoms with Crippen LogP contribution in [-0.4, -0.2) is 30.6 Å². The van der Waals surface area contributed by atoms with Gasteiger partial charge in [-0.2, -0.15) is 0 Å². The van der Waals surface area contributed by atoms with Crippen LogP contribution in [0.15, 0.2) is 48.5 Å². The van der Waals surface area contributed by atoms with Crippen LogP contribution < -0.4 is 9.64 Å². The number of carboxylic acid groups (broad SMARTS) is 1. The minimum atomic E-state index is -1.12. The third kappa shape index (κ3) is 3.25. The number of benzene rings is 2. The minimum absolute atomic E-state index is 0.0136. The third-order valence-electron chi connectivity index (χ3n) is 3.21. The molecule has 0 aliphatic rings. The summed E-state index contributed by atoms with van der Waals surface area (Å²) >= 11 is 0. The van der Waals surface area contributed by atoms with Crippen LogP contribution in [0.1, 0.15) is 27.6 Å². The predicted molar refractivity (Wildman–Crippen MR) is 83.7 cm³/mol. The van der Waals surface area contributed by atoms with Crippen molar-refractivity contribution in [3.05, 3.63) is 59.7 Å². The van der Waals surface area contributed by atoms with E-state index in [0.717, 1.165) is 0 Å². The van der Waals surface area contributed by atoms with Crippen molar-refractivity contribution in [2.45, 2.75) is 6.92 Å². The Hall–Kier alpha value is -2.82. The Kier molecular flexibility index (Phi) is 4.78. The lowest BCUT2D eigenvalue weighted by molar-refractivity contribution is 0.0692. The first-order valence-corrected chi connectivity index (χ1v) is 6.87. The largest absolute Gasteiger partial charge is 0.494 e. The van der Waals surface area contributed by atoms with E-state index in [1.54, 1.807) is 43.4 Å². The molecule has 0 heterocycles. The minimum Gasteiger partial charge on any atom is -0.494 e. The molecule has 0 fully saturated rings. The van der Waals surface area contributed by atoms with Gasteiger partial charge in [0.05, 0.1) is 17.7 Å². The molecule has 114 valence electrons. The lowest BCUT2D eigenvalue weighted by Gasteiger charge is -2.19. The Balaban J connectivity index is 2.33. The molecule has 0 aliphatic carbocycles. The Morgan fingerprint density at radius 3 is 2.41 bits per heavy atom. The summed E-state index contributed by atoms with van der Waals surface area (Å²) in [6.45, 7) is 2.41. The molecule has 0 atom stereocenters. The molecule has 0 unspecified atom stereocenters. The van der Waals surface area contributed by atoms with Crippen molar-refractivity contribution in [2.24, 2.45) is 0 Å². The van der Waals surface area contributed by atoms with Crippen molar-refractivity contribution >= 4 is 17.6 Å². The van der Waals surface area contributed by atoms with Gasteiger partial charge in [-0.1, -0.05) is 18.2 Å². The Labute approximate surface area is 128 Å². The fourth-order valence-corrected chi connectivity index (χ4v) is 2.10. The quantitative estimate of drug-likeness (QED) is 0.921. The van der Waals surface area contributed by atoms with Crippen molar-refractivity contribution in [1.82, 2.24) is 0 Å². The first-order valence-electron chi connectivity index (χ1n) is 6.87. The molecule has 0 aromatic heterocycles. The molecule has 2 aromatic rings. The first-order chi connectivity index (χ1) is 10.5. The number of nitrogens with zero attached hydrogens (tertiary/aromatic N) is 1. The molecule has 0 spiro atoms. The Morgan fingerprint density at radius 1 is 1.09 bits per heavy atom. The number of hydrogen-bond acceptors (Lipinski definition) is 3. The summed E-state index contributed by atoms with van der Waals surface area (Å²) in [6.07, 6.45) is 0. The molecule has 1 N–H and O–H groups in total. The molecule has 2 aromatic carbocycles. The van der Waals surface area contributed by atoms with E-state index in [-0.39, 0.29) is 17.0 Å². The van der Waals surface area contributed by atoms with Gasteiger partial charge in [0.25, 0.3) is 5.91 Å². The van der Waals surface area contributed by atoms with Gasteiger partial charge in [-0.15, -0.1) is 0 Å². The second-order valence-electron chi connectivity index (χ2n) is 4.65. The maximum absolute atomic E-state index is 12.6. The highest BCUT2D eigenvalue weighted by Gasteiger charge is 2.20. The smallest absolute Gasteiger partial charge is 0.336 e. The molecule has 5 heteroatoms. The molecule has 2 rings (SSSR count). The Morgan fingerprint density at radius 2 is 1.77 bits per heavy atom. The van der Waals surface area contributed by atoms with E-state index in [1.165, 1.54) is 17.0 Å². The molecule has 0 bridgehead atoms. The second kappa shape index (κ2) is 6.76. The SMILES string of the molecule is CCOc1cccc(N(C)C(=O)c2ccccc2C(=O)O)c1. The number of hydrogen-bond donors (Lipinski definition) is 1. The molecule has 0 aliphatic heterocycles. The van der Waals surface area contributed by atoms with Crippen LogP contribution in [0.2, 0.25) is 0 Å². The lowest BCUT2D eigenvalue weighted by atomic mass is 10.1. The lowest BCUT2D eigenvalue weighted by Crippen LogP contribution is -2.27. The van der Waals surface area contributed by atoms with Crippen molar-refractivity contribution in [3.63, 3.8) is 0 Å². The number of carbonyl (C=O) groups is 2. The normalized spacial score (nSPS) is 10.1. The van der Waals surface area contributed by atoms with Crippen molar-refractivity contribution in [3.8, 4) is 5.75 Å². The zero-order chi connectivity index (χ0) is 16.1. The Bertz CT molecular complexity index is 697. The highest BCUT2D eigenvalue weighted by Crippen LogP contribution is 2.22. The average Bonchev–Trinajstić information content (AvgIpc) is 2.54. The number of amides is 1. The van der Waals surface area contributed by atoms with E-state index in [2.05, 4.69) is 0 Å². The predicted octanol–water partition coefficient (Wildman–Crippen LogP) is 3.06. The van der Waals surface area contributed by atoms with Gasteiger partial charge in [-0.05, 0) is 31.2 Å². The summed E-state index contributed by atoms with van der Waals surface area (Å²) in [5, 5.41) is 9.19. The fraction of sp³-hybridized carbons (Fsp3) is 0.176. The standard InChI is InChI=1S/C17H17NO4/c1-3-22-13-8-6-7-12(11-13)18(2)16(19)14-9-4-5-10-15(14)17(20)21/h4-11H,3H2,1-2H3,(H,20,21). The fourth-order valence-electron chi connectivity index (χ4n) is 2.10. The van der Waals surface area contributed by atoms with Crippen LogP contribution in [0.4, 0.5) is 5.69 Å². The number of anilines is 1. The molecular weight excluding hydrogens is 282 g/mol. The number of carboxylic acids is 1. The number of aromatic carboxylic acids is 1. The molecule has 5 nitrogen and oxygen atoms in total. The molecule has 0 saturated carbocycles. The van der Waals surface area contributed by atoms with Gasteiger partial charge in [-0.3, -0.25) is 4.79 Å². The van der Waals surface area contributed by atoms with Crippen molar-refractivity contribution in [2.75, 3.05) is 18.6 Å². The highest BCUT2D eigenvalue weighted by molar-refractivity contribution is 6.11. The van der Waals surface area contributed by atoms with E-state index in [0.29, 0.717) is 18.0 Å². The summed E-state index contributed by atoms with van der Waals surface area (Å²) in [4.78, 5) is 25.2. The van der Waals surface area contributed by atoms with Gasteiger partial charge in [0.2, 0.25) is 0 Å². The third-order valence-corrected chi connectivity index (χ3v) is 3.21. The van der Waals surface area contributed by atoms with Gasteiger partial charge in [-0.25, -0.2) is 4.79 Å². The van der Waals surface area contributed by atoms with Crippen LogP contribution >= 0.6 is 0 Å². The monoisotopic (exact) mass is 299 g/mol. The zero-order valence-electron chi connectivity index (χ0n) is 12.4. The molecule has 1 amide bonds. The van der Waals surface area contributed by atoms with Crippen LogP contribution in [0.25, 0.3) is 0 Å². The molecule has 22 heavy (non-hydrogen) atoms. The van der Waals surface area contributed by atoms with Gasteiger partial charge in [0.1, 0.15) is 5.75 Å². The zero-order valence-corrected chi connectivity index (χ0v) is 12.4. The van der Waals surface area contributed by atoms with Crippen molar-refractivity contribution in [1.29, 1.82) is 0 Å². The van der Waals surface area contributed by atoms with E-state index < -0.39 is 5.97 Å². The molecule has 0 radical (unpaired) electrons. The van der Waals surface area contributed by atoms with Crippen LogP contribution in [-0.2, 0) is 0 Å². The summed E-state index contributed by atoms with van der Waals surface area (Å²) in [7, 11) is 1.60. The number of rotatable bonds is 5. The number of ether oxygens (including phenoxy) is 1. The van der Waals surface area contributed by atoms with Crippen LogP contribution in [0, 0.1) is 0 Å². The maximum Gasteiger partial charge on any atom is 0.336 e. The molecular formula is C17H17NO4. The van der Waals surface area contributed by atoms with Gasteiger partial charge in [0.15, 0.2) is 0 Å². The van der Waals surface area contributed by atoms with Gasteiger partial charge in [0, 0.05) is 18.8 Å². The maximum atomic E-state index is 12.6. The summed E-state index contributed by atoms with van der Waals surface area (Å²) < 4.78 is 5.41. The summed E-state index contributed by atoms with van der Waals surface area (Å²) in [6, 6.07) is 13.3. The van der Waals surface area contributed by atoms with E-state index in [9.17, 15) is 14.7 Å². The van der Waals surface area contributed by atoms with Gasteiger partial charge < -0.3 is 14.7 Å². The topological polar surface area (TPSA) is 66.8 Å². The van der Waals surface area contributed by atoms with Crippen LogP contribution in [0.5, 0.6) is 5.75 Å². The molecule has 0 saturated heterocycles. The highest BCUT2D eigenvalue weighted by atomic mass is 16.5. The second-order valence-corrected chi connectivity index (χ2v) is 4.65. The van der Waals surface area contributed by atoms with Gasteiger partial charge >= 0.3 is 5.97 Å². The van der Waals surface area contributed by atoms with E-state index in [4.69, 9.17) is 4.74 Å². The first kappa shape index (κ1) is 15.6. The van der Waals surface area contributed by atoms with Crippen molar-refractivity contribution < 1.29 is 19.4 Å².